The van der Waals surface area contributed by atoms with Gasteiger partial charge in [0.2, 0.25) is 0 Å². The van der Waals surface area contributed by atoms with E-state index in [0.29, 0.717) is 5.82 Å². The van der Waals surface area contributed by atoms with E-state index < -0.39 is 0 Å². The zero-order chi connectivity index (χ0) is 33.7. The first-order valence-electron chi connectivity index (χ1n) is 17.2. The maximum absolute atomic E-state index is 6.34. The average molecular weight is 651 g/mol. The molecule has 0 fully saturated rings. The van der Waals surface area contributed by atoms with Crippen molar-refractivity contribution in [2.24, 2.45) is 0 Å². The number of rotatable bonds is 5. The van der Waals surface area contributed by atoms with Gasteiger partial charge in [-0.1, -0.05) is 140 Å². The van der Waals surface area contributed by atoms with Crippen LogP contribution in [-0.4, -0.2) is 9.97 Å². The molecule has 2 aromatic heterocycles. The summed E-state index contributed by atoms with van der Waals surface area (Å²) in [4.78, 5) is 10.5. The fourth-order valence-corrected chi connectivity index (χ4v) is 7.39. The minimum atomic E-state index is 0.692. The third kappa shape index (κ3) is 5.15. The predicted molar refractivity (Wildman–Crippen MR) is 212 cm³/mol. The van der Waals surface area contributed by atoms with Crippen molar-refractivity contribution in [3.05, 3.63) is 182 Å². The molecule has 238 valence electrons. The monoisotopic (exact) mass is 650 g/mol. The number of hydrogen-bond acceptors (Lipinski definition) is 3. The van der Waals surface area contributed by atoms with E-state index in [9.17, 15) is 0 Å². The molecule has 51 heavy (non-hydrogen) atoms. The zero-order valence-corrected chi connectivity index (χ0v) is 27.6. The summed E-state index contributed by atoms with van der Waals surface area (Å²) in [6.07, 6.45) is 0. The fourth-order valence-electron chi connectivity index (χ4n) is 7.39. The highest BCUT2D eigenvalue weighted by Gasteiger charge is 2.17. The van der Waals surface area contributed by atoms with Crippen molar-refractivity contribution < 1.29 is 4.42 Å². The number of benzene rings is 8. The normalized spacial score (nSPS) is 11.5. The molecule has 0 saturated carbocycles. The summed E-state index contributed by atoms with van der Waals surface area (Å²) in [6.45, 7) is 0. The van der Waals surface area contributed by atoms with E-state index in [2.05, 4.69) is 164 Å². The second-order valence-corrected chi connectivity index (χ2v) is 13.0. The molecule has 3 nitrogen and oxygen atoms in total. The third-order valence-electron chi connectivity index (χ3n) is 9.85. The Morgan fingerprint density at radius 3 is 1.80 bits per heavy atom. The van der Waals surface area contributed by atoms with E-state index in [1.165, 1.54) is 21.7 Å². The molecule has 0 spiro atoms. The van der Waals surface area contributed by atoms with Crippen LogP contribution in [0.3, 0.4) is 0 Å². The molecule has 8 aromatic carbocycles. The van der Waals surface area contributed by atoms with Gasteiger partial charge >= 0.3 is 0 Å². The Balaban J connectivity index is 1.25. The van der Waals surface area contributed by atoms with Gasteiger partial charge in [0.25, 0.3) is 0 Å². The first kappa shape index (κ1) is 29.1. The topological polar surface area (TPSA) is 38.9 Å². The Labute approximate surface area is 295 Å². The van der Waals surface area contributed by atoms with E-state index in [4.69, 9.17) is 14.4 Å². The quantitative estimate of drug-likeness (QED) is 0.186. The van der Waals surface area contributed by atoms with Crippen molar-refractivity contribution in [3.63, 3.8) is 0 Å². The molecule has 0 aliphatic rings. The van der Waals surface area contributed by atoms with Crippen LogP contribution in [0.4, 0.5) is 0 Å². The van der Waals surface area contributed by atoms with Crippen LogP contribution >= 0.6 is 0 Å². The van der Waals surface area contributed by atoms with Gasteiger partial charge in [0, 0.05) is 27.5 Å². The van der Waals surface area contributed by atoms with Crippen LogP contribution < -0.4 is 0 Å². The van der Waals surface area contributed by atoms with Crippen LogP contribution in [-0.2, 0) is 0 Å². The molecular weight excluding hydrogens is 621 g/mol. The lowest BCUT2D eigenvalue weighted by Crippen LogP contribution is -1.97. The highest BCUT2D eigenvalue weighted by Crippen LogP contribution is 2.41. The Kier molecular flexibility index (Phi) is 6.81. The summed E-state index contributed by atoms with van der Waals surface area (Å²) in [5.41, 5.74) is 11.0. The van der Waals surface area contributed by atoms with Gasteiger partial charge in [-0.2, -0.15) is 0 Å². The molecule has 0 saturated heterocycles. The molecule has 0 atom stereocenters. The second kappa shape index (κ2) is 11.9. The van der Waals surface area contributed by atoms with Gasteiger partial charge < -0.3 is 4.42 Å². The molecule has 10 aromatic rings. The minimum Gasteiger partial charge on any atom is -0.456 e. The van der Waals surface area contributed by atoms with Gasteiger partial charge in [-0.3, -0.25) is 0 Å². The van der Waals surface area contributed by atoms with Crippen molar-refractivity contribution in [1.29, 1.82) is 0 Å². The van der Waals surface area contributed by atoms with E-state index >= 15 is 0 Å². The van der Waals surface area contributed by atoms with Gasteiger partial charge in [-0.15, -0.1) is 0 Å². The largest absolute Gasteiger partial charge is 0.456 e. The van der Waals surface area contributed by atoms with Crippen molar-refractivity contribution >= 4 is 43.5 Å². The van der Waals surface area contributed by atoms with Crippen LogP contribution in [0.2, 0.25) is 0 Å². The SMILES string of the molecule is c1ccc(-c2cc(-c3cc(-c4cccc5ccccc45)cc(-c4cccc5oc6ccccc6c45)c3)nc(-c3ccc4ccccc4c3)n2)cc1. The predicted octanol–water partition coefficient (Wildman–Crippen LogP) is 13.0. The number of aromatic nitrogens is 2. The van der Waals surface area contributed by atoms with E-state index in [1.54, 1.807) is 0 Å². The third-order valence-corrected chi connectivity index (χ3v) is 9.85. The van der Waals surface area contributed by atoms with E-state index in [0.717, 1.165) is 72.1 Å². The van der Waals surface area contributed by atoms with Crippen LogP contribution in [0.5, 0.6) is 0 Å². The first-order chi connectivity index (χ1) is 25.2. The van der Waals surface area contributed by atoms with Gasteiger partial charge in [0.15, 0.2) is 5.82 Å². The molecule has 0 aliphatic heterocycles. The van der Waals surface area contributed by atoms with E-state index in [1.807, 2.05) is 18.2 Å². The first-order valence-corrected chi connectivity index (χ1v) is 17.2. The molecule has 0 radical (unpaired) electrons. The average Bonchev–Trinajstić information content (AvgIpc) is 3.59. The Bertz CT molecular complexity index is 2920. The summed E-state index contributed by atoms with van der Waals surface area (Å²) < 4.78 is 6.34. The number of para-hydroxylation sites is 1. The standard InChI is InChI=1S/C48H30N2O/c1-2-14-33(15-3-1)43-30-44(50-48(49-43)35-25-24-31-12-4-5-16-34(31)26-35)38-28-36(40-20-10-17-32-13-6-7-18-39(32)40)27-37(29-38)41-21-11-23-46-47(41)42-19-8-9-22-45(42)51-46/h1-30H. The van der Waals surface area contributed by atoms with Crippen molar-refractivity contribution in [2.75, 3.05) is 0 Å². The number of fused-ring (bicyclic) bond motifs is 5. The Hall–Kier alpha value is -6.84. The van der Waals surface area contributed by atoms with Gasteiger partial charge in [0.1, 0.15) is 11.2 Å². The Morgan fingerprint density at radius 2 is 0.941 bits per heavy atom. The second-order valence-electron chi connectivity index (χ2n) is 13.0. The van der Waals surface area contributed by atoms with Gasteiger partial charge in [0.05, 0.1) is 11.4 Å². The maximum atomic E-state index is 6.34. The van der Waals surface area contributed by atoms with Crippen molar-refractivity contribution in [2.45, 2.75) is 0 Å². The smallest absolute Gasteiger partial charge is 0.160 e. The lowest BCUT2D eigenvalue weighted by molar-refractivity contribution is 0.669. The van der Waals surface area contributed by atoms with E-state index in [-0.39, 0.29) is 0 Å². The molecule has 3 heteroatoms. The van der Waals surface area contributed by atoms with Crippen LogP contribution in [0.15, 0.2) is 186 Å². The molecule has 0 bridgehead atoms. The molecule has 2 heterocycles. The summed E-state index contributed by atoms with van der Waals surface area (Å²) in [7, 11) is 0. The fraction of sp³-hybridized carbons (Fsp3) is 0. The molecular formula is C48H30N2O. The highest BCUT2D eigenvalue weighted by molar-refractivity contribution is 6.13. The van der Waals surface area contributed by atoms with Crippen LogP contribution in [0, 0.1) is 0 Å². The molecule has 0 N–H and O–H groups in total. The lowest BCUT2D eigenvalue weighted by Gasteiger charge is -2.15. The Morgan fingerprint density at radius 1 is 0.333 bits per heavy atom. The molecule has 0 amide bonds. The molecule has 0 aliphatic carbocycles. The maximum Gasteiger partial charge on any atom is 0.160 e. The summed E-state index contributed by atoms with van der Waals surface area (Å²) in [5, 5.41) is 6.97. The van der Waals surface area contributed by atoms with Gasteiger partial charge in [-0.25, -0.2) is 9.97 Å². The highest BCUT2D eigenvalue weighted by atomic mass is 16.3. The van der Waals surface area contributed by atoms with Gasteiger partial charge in [-0.05, 0) is 86.3 Å². The summed E-state index contributed by atoms with van der Waals surface area (Å²) in [5.74, 6) is 0.692. The van der Waals surface area contributed by atoms with Crippen LogP contribution in [0.25, 0.3) is 99.6 Å². The summed E-state index contributed by atoms with van der Waals surface area (Å²) >= 11 is 0. The number of nitrogens with zero attached hydrogens (tertiary/aromatic N) is 2. The van der Waals surface area contributed by atoms with Crippen LogP contribution in [0.1, 0.15) is 0 Å². The van der Waals surface area contributed by atoms with Crippen molar-refractivity contribution in [3.8, 4) is 56.2 Å². The lowest BCUT2D eigenvalue weighted by atomic mass is 9.91. The molecule has 0 unspecified atom stereocenters. The molecule has 10 rings (SSSR count). The van der Waals surface area contributed by atoms with Crippen molar-refractivity contribution in [1.82, 2.24) is 9.97 Å². The summed E-state index contributed by atoms with van der Waals surface area (Å²) in [6, 6.07) is 64.0. The zero-order valence-electron chi connectivity index (χ0n) is 27.6. The number of furan rings is 1. The number of hydrogen-bond donors (Lipinski definition) is 0. The minimum absolute atomic E-state index is 0.692.